The van der Waals surface area contributed by atoms with Crippen LogP contribution < -0.4 is 5.32 Å². The molecule has 19 heavy (non-hydrogen) atoms. The van der Waals surface area contributed by atoms with E-state index in [1.807, 2.05) is 6.20 Å². The van der Waals surface area contributed by atoms with Crippen molar-refractivity contribution in [3.63, 3.8) is 0 Å². The van der Waals surface area contributed by atoms with Gasteiger partial charge in [-0.05, 0) is 44.4 Å². The lowest BCUT2D eigenvalue weighted by molar-refractivity contribution is 0.0322. The molecule has 1 N–H and O–H groups in total. The number of aryl methyl sites for hydroxylation is 1. The van der Waals surface area contributed by atoms with E-state index in [2.05, 4.69) is 43.2 Å². The number of hydrogen-bond donors (Lipinski definition) is 1. The summed E-state index contributed by atoms with van der Waals surface area (Å²) in [6.07, 6.45) is 7.07. The van der Waals surface area contributed by atoms with Crippen LogP contribution in [0, 0.1) is 0 Å². The zero-order valence-corrected chi connectivity index (χ0v) is 12.4. The molecule has 3 nitrogen and oxygen atoms in total. The topological polar surface area (TPSA) is 34.2 Å². The SMILES string of the molecule is CCNC(Cc1ccc(CC)cn1)C1CCC(C)O1. The van der Waals surface area contributed by atoms with Crippen molar-refractivity contribution in [2.24, 2.45) is 0 Å². The van der Waals surface area contributed by atoms with Crippen LogP contribution in [0.3, 0.4) is 0 Å². The van der Waals surface area contributed by atoms with E-state index in [0.717, 1.165) is 31.5 Å². The van der Waals surface area contributed by atoms with E-state index in [1.54, 1.807) is 0 Å². The van der Waals surface area contributed by atoms with Crippen LogP contribution in [-0.4, -0.2) is 29.8 Å². The minimum Gasteiger partial charge on any atom is -0.374 e. The summed E-state index contributed by atoms with van der Waals surface area (Å²) in [4.78, 5) is 4.57. The lowest BCUT2D eigenvalue weighted by atomic mass is 10.0. The van der Waals surface area contributed by atoms with E-state index in [1.165, 1.54) is 12.0 Å². The number of rotatable bonds is 6. The van der Waals surface area contributed by atoms with Crippen LogP contribution in [0.5, 0.6) is 0 Å². The second-order valence-corrected chi connectivity index (χ2v) is 5.44. The van der Waals surface area contributed by atoms with Crippen molar-refractivity contribution < 1.29 is 4.74 Å². The largest absolute Gasteiger partial charge is 0.374 e. The molecule has 106 valence electrons. The summed E-state index contributed by atoms with van der Waals surface area (Å²) in [7, 11) is 0. The molecule has 3 atom stereocenters. The van der Waals surface area contributed by atoms with Gasteiger partial charge in [0.2, 0.25) is 0 Å². The van der Waals surface area contributed by atoms with Gasteiger partial charge in [0, 0.05) is 24.4 Å². The average Bonchev–Trinajstić information content (AvgIpc) is 2.86. The molecule has 1 aromatic heterocycles. The Kier molecular flexibility index (Phi) is 5.34. The normalized spacial score (nSPS) is 24.6. The predicted molar refractivity (Wildman–Crippen MR) is 78.4 cm³/mol. The first kappa shape index (κ1) is 14.5. The summed E-state index contributed by atoms with van der Waals surface area (Å²) in [6.45, 7) is 7.45. The summed E-state index contributed by atoms with van der Waals surface area (Å²) >= 11 is 0. The molecule has 3 heteroatoms. The molecule has 0 radical (unpaired) electrons. The maximum atomic E-state index is 6.00. The van der Waals surface area contributed by atoms with E-state index in [4.69, 9.17) is 4.74 Å². The van der Waals surface area contributed by atoms with Gasteiger partial charge >= 0.3 is 0 Å². The molecule has 0 amide bonds. The number of likely N-dealkylation sites (N-methyl/N-ethyl adjacent to an activating group) is 1. The molecule has 1 aromatic rings. The standard InChI is InChI=1S/C16H26N2O/c1-4-13-7-8-14(18-11-13)10-15(17-5-2)16-9-6-12(3)19-16/h7-8,11-12,15-17H,4-6,9-10H2,1-3H3. The zero-order chi connectivity index (χ0) is 13.7. The molecule has 1 aliphatic heterocycles. The Morgan fingerprint density at radius 3 is 2.74 bits per heavy atom. The van der Waals surface area contributed by atoms with Gasteiger partial charge in [-0.3, -0.25) is 4.98 Å². The van der Waals surface area contributed by atoms with E-state index >= 15 is 0 Å². The summed E-state index contributed by atoms with van der Waals surface area (Å²) in [5.41, 5.74) is 2.46. The van der Waals surface area contributed by atoms with Gasteiger partial charge in [0.15, 0.2) is 0 Å². The first-order valence-electron chi connectivity index (χ1n) is 7.55. The molecule has 1 fully saturated rings. The lowest BCUT2D eigenvalue weighted by Crippen LogP contribution is -2.41. The van der Waals surface area contributed by atoms with Crippen molar-refractivity contribution >= 4 is 0 Å². The molecule has 0 spiro atoms. The lowest BCUT2D eigenvalue weighted by Gasteiger charge is -2.24. The minimum absolute atomic E-state index is 0.336. The van der Waals surface area contributed by atoms with Gasteiger partial charge in [-0.15, -0.1) is 0 Å². The second-order valence-electron chi connectivity index (χ2n) is 5.44. The van der Waals surface area contributed by atoms with Gasteiger partial charge < -0.3 is 10.1 Å². The van der Waals surface area contributed by atoms with Crippen molar-refractivity contribution in [2.75, 3.05) is 6.54 Å². The van der Waals surface area contributed by atoms with E-state index < -0.39 is 0 Å². The maximum absolute atomic E-state index is 6.00. The Morgan fingerprint density at radius 2 is 2.21 bits per heavy atom. The number of aromatic nitrogens is 1. The van der Waals surface area contributed by atoms with Gasteiger partial charge in [-0.2, -0.15) is 0 Å². The van der Waals surface area contributed by atoms with Crippen LogP contribution >= 0.6 is 0 Å². The van der Waals surface area contributed by atoms with Crippen LogP contribution in [0.2, 0.25) is 0 Å². The fourth-order valence-corrected chi connectivity index (χ4v) is 2.74. The Bertz CT molecular complexity index is 377. The Balaban J connectivity index is 1.98. The molecular formula is C16H26N2O. The monoisotopic (exact) mass is 262 g/mol. The molecule has 1 saturated heterocycles. The first-order valence-corrected chi connectivity index (χ1v) is 7.55. The molecule has 2 heterocycles. The molecule has 2 rings (SSSR count). The van der Waals surface area contributed by atoms with Crippen molar-refractivity contribution in [3.8, 4) is 0 Å². The number of hydrogen-bond acceptors (Lipinski definition) is 3. The number of pyridine rings is 1. The maximum Gasteiger partial charge on any atom is 0.0736 e. The Morgan fingerprint density at radius 1 is 1.37 bits per heavy atom. The van der Waals surface area contributed by atoms with Gasteiger partial charge in [0.05, 0.1) is 12.2 Å². The Hall–Kier alpha value is -0.930. The first-order chi connectivity index (χ1) is 9.22. The summed E-state index contributed by atoms with van der Waals surface area (Å²) < 4.78 is 6.00. The van der Waals surface area contributed by atoms with Crippen molar-refractivity contribution in [1.82, 2.24) is 10.3 Å². The van der Waals surface area contributed by atoms with E-state index in [-0.39, 0.29) is 0 Å². The van der Waals surface area contributed by atoms with Crippen LogP contribution in [0.15, 0.2) is 18.3 Å². The van der Waals surface area contributed by atoms with Gasteiger partial charge in [0.25, 0.3) is 0 Å². The quantitative estimate of drug-likeness (QED) is 0.856. The van der Waals surface area contributed by atoms with E-state index in [0.29, 0.717) is 18.2 Å². The highest BCUT2D eigenvalue weighted by atomic mass is 16.5. The third kappa shape index (κ3) is 4.02. The third-order valence-electron chi connectivity index (χ3n) is 3.90. The van der Waals surface area contributed by atoms with Crippen molar-refractivity contribution in [1.29, 1.82) is 0 Å². The average molecular weight is 262 g/mol. The molecule has 1 aliphatic rings. The summed E-state index contributed by atoms with van der Waals surface area (Å²) in [5.74, 6) is 0. The minimum atomic E-state index is 0.336. The van der Waals surface area contributed by atoms with Gasteiger partial charge in [-0.1, -0.05) is 19.9 Å². The smallest absolute Gasteiger partial charge is 0.0736 e. The van der Waals surface area contributed by atoms with Crippen LogP contribution in [-0.2, 0) is 17.6 Å². The summed E-state index contributed by atoms with van der Waals surface area (Å²) in [6, 6.07) is 4.72. The van der Waals surface area contributed by atoms with Crippen molar-refractivity contribution in [3.05, 3.63) is 29.6 Å². The fourth-order valence-electron chi connectivity index (χ4n) is 2.74. The molecule has 0 aromatic carbocycles. The van der Waals surface area contributed by atoms with Crippen LogP contribution in [0.4, 0.5) is 0 Å². The van der Waals surface area contributed by atoms with Crippen LogP contribution in [0.1, 0.15) is 44.9 Å². The molecular weight excluding hydrogens is 236 g/mol. The fraction of sp³-hybridized carbons (Fsp3) is 0.688. The highest BCUT2D eigenvalue weighted by Gasteiger charge is 2.29. The zero-order valence-electron chi connectivity index (χ0n) is 12.4. The molecule has 0 saturated carbocycles. The molecule has 3 unspecified atom stereocenters. The van der Waals surface area contributed by atoms with Gasteiger partial charge in [-0.25, -0.2) is 0 Å². The number of nitrogens with zero attached hydrogens (tertiary/aromatic N) is 1. The van der Waals surface area contributed by atoms with Gasteiger partial charge in [0.1, 0.15) is 0 Å². The van der Waals surface area contributed by atoms with Crippen molar-refractivity contribution in [2.45, 2.75) is 64.7 Å². The van der Waals surface area contributed by atoms with E-state index in [9.17, 15) is 0 Å². The number of ether oxygens (including phenoxy) is 1. The highest BCUT2D eigenvalue weighted by Crippen LogP contribution is 2.23. The number of nitrogens with one attached hydrogen (secondary N) is 1. The molecule has 0 bridgehead atoms. The Labute approximate surface area is 116 Å². The third-order valence-corrected chi connectivity index (χ3v) is 3.90. The summed E-state index contributed by atoms with van der Waals surface area (Å²) in [5, 5.41) is 3.56. The second kappa shape index (κ2) is 7.01. The molecule has 0 aliphatic carbocycles. The predicted octanol–water partition coefficient (Wildman–Crippen LogP) is 2.73. The highest BCUT2D eigenvalue weighted by molar-refractivity contribution is 5.15. The van der Waals surface area contributed by atoms with Crippen LogP contribution in [0.25, 0.3) is 0 Å².